The van der Waals surface area contributed by atoms with Gasteiger partial charge in [0.1, 0.15) is 0 Å². The second-order valence-corrected chi connectivity index (χ2v) is 17.6. The predicted molar refractivity (Wildman–Crippen MR) is 134 cm³/mol. The van der Waals surface area contributed by atoms with Gasteiger partial charge in [0.05, 0.1) is 0 Å². The molecular weight excluding hydrogens is 435 g/mol. The van der Waals surface area contributed by atoms with Crippen molar-refractivity contribution in [1.82, 2.24) is 0 Å². The van der Waals surface area contributed by atoms with Crippen LogP contribution in [0.4, 0.5) is 0 Å². The Kier molecular flexibility index (Phi) is 5.47. The van der Waals surface area contributed by atoms with Gasteiger partial charge in [0, 0.05) is 0 Å². The third kappa shape index (κ3) is 3.70. The molecule has 4 rings (SSSR count). The molecule has 0 heterocycles. The molecule has 0 aromatic heterocycles. The first-order valence-corrected chi connectivity index (χ1v) is 14.7. The quantitative estimate of drug-likeness (QED) is 0.304. The second-order valence-electron chi connectivity index (χ2n) is 7.88. The van der Waals surface area contributed by atoms with Crippen molar-refractivity contribution in [3.8, 4) is 0 Å². The standard InChI is InChI=1S/C27H26BrP/c1-22-20-24(21-23-12-6-3-7-13-23)18-19-27(22)29(2,28,25-14-8-4-9-15-25)26-16-10-5-11-17-26/h3-20H,21H2,1-2H3. The molecule has 0 nitrogen and oxygen atoms in total. The van der Waals surface area contributed by atoms with Gasteiger partial charge in [-0.3, -0.25) is 0 Å². The normalized spacial score (nSPS) is 12.9. The van der Waals surface area contributed by atoms with Crippen LogP contribution in [-0.2, 0) is 6.42 Å². The van der Waals surface area contributed by atoms with Crippen LogP contribution in [0.15, 0.2) is 109 Å². The minimum absolute atomic E-state index is 0.959. The molecule has 0 saturated carbocycles. The van der Waals surface area contributed by atoms with E-state index in [0.29, 0.717) is 0 Å². The Morgan fingerprint density at radius 2 is 1.10 bits per heavy atom. The van der Waals surface area contributed by atoms with Gasteiger partial charge in [-0.1, -0.05) is 0 Å². The van der Waals surface area contributed by atoms with E-state index in [0.717, 1.165) is 6.42 Å². The summed E-state index contributed by atoms with van der Waals surface area (Å²) < 4.78 is 0. The molecule has 0 saturated heterocycles. The second kappa shape index (κ2) is 7.90. The third-order valence-corrected chi connectivity index (χ3v) is 14.1. The summed E-state index contributed by atoms with van der Waals surface area (Å²) in [7, 11) is 0. The Balaban J connectivity index is 1.86. The summed E-state index contributed by atoms with van der Waals surface area (Å²) in [5.74, 6) is 0. The van der Waals surface area contributed by atoms with Crippen LogP contribution < -0.4 is 15.9 Å². The molecule has 0 N–H and O–H groups in total. The number of rotatable bonds is 5. The molecule has 0 spiro atoms. The van der Waals surface area contributed by atoms with E-state index in [1.165, 1.54) is 32.6 Å². The van der Waals surface area contributed by atoms with Crippen LogP contribution >= 0.6 is 20.8 Å². The molecular formula is C27H26BrP. The predicted octanol–water partition coefficient (Wildman–Crippen LogP) is 6.36. The first-order valence-electron chi connectivity index (χ1n) is 9.96. The molecule has 0 radical (unpaired) electrons. The Bertz CT molecular complexity index is 1060. The zero-order valence-electron chi connectivity index (χ0n) is 16.9. The third-order valence-electron chi connectivity index (χ3n) is 5.83. The molecule has 0 aliphatic heterocycles. The van der Waals surface area contributed by atoms with Crippen LogP contribution in [0.1, 0.15) is 16.7 Å². The minimum atomic E-state index is -2.73. The van der Waals surface area contributed by atoms with E-state index >= 15 is 0 Å². The maximum absolute atomic E-state index is 4.39. The van der Waals surface area contributed by atoms with Crippen LogP contribution in [0.3, 0.4) is 0 Å². The van der Waals surface area contributed by atoms with Crippen molar-refractivity contribution in [2.75, 3.05) is 6.66 Å². The Labute approximate surface area is 182 Å². The van der Waals surface area contributed by atoms with Crippen LogP contribution in [-0.4, -0.2) is 6.66 Å². The van der Waals surface area contributed by atoms with E-state index in [1.54, 1.807) is 0 Å². The van der Waals surface area contributed by atoms with Crippen LogP contribution in [0.2, 0.25) is 0 Å². The van der Waals surface area contributed by atoms with Crippen LogP contribution in [0.25, 0.3) is 0 Å². The molecule has 0 unspecified atom stereocenters. The number of hydrogen-bond acceptors (Lipinski definition) is 0. The molecule has 0 bridgehead atoms. The molecule has 2 heteroatoms. The zero-order chi connectivity index (χ0) is 20.3. The zero-order valence-corrected chi connectivity index (χ0v) is 19.4. The molecule has 0 aliphatic carbocycles. The van der Waals surface area contributed by atoms with Crippen LogP contribution in [0.5, 0.6) is 0 Å². The summed E-state index contributed by atoms with van der Waals surface area (Å²) in [6.45, 7) is 4.66. The van der Waals surface area contributed by atoms with Gasteiger partial charge in [0.25, 0.3) is 0 Å². The molecule has 4 aromatic carbocycles. The fraction of sp³-hybridized carbons (Fsp3) is 0.111. The molecule has 0 fully saturated rings. The van der Waals surface area contributed by atoms with Crippen molar-refractivity contribution >= 4 is 36.7 Å². The Morgan fingerprint density at radius 1 is 0.621 bits per heavy atom. The van der Waals surface area contributed by atoms with E-state index < -0.39 is 5.31 Å². The summed E-state index contributed by atoms with van der Waals surface area (Å²) in [5, 5.41) is 1.36. The number of aryl methyl sites for hydroxylation is 1. The van der Waals surface area contributed by atoms with E-state index in [9.17, 15) is 0 Å². The summed E-state index contributed by atoms with van der Waals surface area (Å²) in [6.07, 6.45) is 0.959. The summed E-state index contributed by atoms with van der Waals surface area (Å²) in [4.78, 5) is 0. The van der Waals surface area contributed by atoms with Gasteiger partial charge in [-0.05, 0) is 0 Å². The first kappa shape index (κ1) is 20.1. The van der Waals surface area contributed by atoms with E-state index in [-0.39, 0.29) is 0 Å². The van der Waals surface area contributed by atoms with Crippen molar-refractivity contribution in [3.63, 3.8) is 0 Å². The van der Waals surface area contributed by atoms with Crippen LogP contribution in [0, 0.1) is 6.92 Å². The van der Waals surface area contributed by atoms with E-state index in [2.05, 4.69) is 138 Å². The average molecular weight is 461 g/mol. The van der Waals surface area contributed by atoms with Crippen molar-refractivity contribution < 1.29 is 0 Å². The summed E-state index contributed by atoms with van der Waals surface area (Å²) >= 11 is 4.39. The molecule has 0 amide bonds. The van der Waals surface area contributed by atoms with Gasteiger partial charge >= 0.3 is 183 Å². The van der Waals surface area contributed by atoms with Crippen molar-refractivity contribution in [1.29, 1.82) is 0 Å². The monoisotopic (exact) mass is 460 g/mol. The first-order chi connectivity index (χ1) is 14.0. The molecule has 0 aliphatic rings. The summed E-state index contributed by atoms with van der Waals surface area (Å²) in [6, 6.07) is 39.5. The van der Waals surface area contributed by atoms with Gasteiger partial charge in [0.2, 0.25) is 0 Å². The fourth-order valence-corrected chi connectivity index (χ4v) is 10.8. The average Bonchev–Trinajstić information content (AvgIpc) is 2.76. The van der Waals surface area contributed by atoms with Gasteiger partial charge in [-0.2, -0.15) is 0 Å². The van der Waals surface area contributed by atoms with Gasteiger partial charge in [-0.25, -0.2) is 0 Å². The Hall–Kier alpha value is -2.21. The SMILES string of the molecule is Cc1cc(Cc2ccccc2)ccc1P(C)(Br)(c1ccccc1)c1ccccc1. The van der Waals surface area contributed by atoms with Crippen molar-refractivity contribution in [2.45, 2.75) is 13.3 Å². The molecule has 29 heavy (non-hydrogen) atoms. The van der Waals surface area contributed by atoms with Gasteiger partial charge < -0.3 is 0 Å². The molecule has 0 atom stereocenters. The van der Waals surface area contributed by atoms with Crippen molar-refractivity contribution in [3.05, 3.63) is 126 Å². The Morgan fingerprint density at radius 3 is 1.59 bits per heavy atom. The number of hydrogen-bond donors (Lipinski definition) is 0. The molecule has 4 aromatic rings. The van der Waals surface area contributed by atoms with Gasteiger partial charge in [-0.15, -0.1) is 0 Å². The fourth-order valence-electron chi connectivity index (χ4n) is 4.25. The summed E-state index contributed by atoms with van der Waals surface area (Å²) in [5.41, 5.74) is 4.03. The number of benzene rings is 4. The van der Waals surface area contributed by atoms with E-state index in [1.807, 2.05) is 0 Å². The van der Waals surface area contributed by atoms with E-state index in [4.69, 9.17) is 0 Å². The van der Waals surface area contributed by atoms with Gasteiger partial charge in [0.15, 0.2) is 0 Å². The van der Waals surface area contributed by atoms with Crippen molar-refractivity contribution in [2.24, 2.45) is 0 Å². The molecule has 146 valence electrons. The maximum atomic E-state index is 4.39. The number of halogens is 1. The topological polar surface area (TPSA) is 0 Å².